The molecule has 3 aromatic rings. The van der Waals surface area contributed by atoms with Crippen molar-refractivity contribution in [3.63, 3.8) is 0 Å². The molecule has 0 unspecified atom stereocenters. The summed E-state index contributed by atoms with van der Waals surface area (Å²) in [5.41, 5.74) is 4.76. The molecule has 0 aliphatic rings. The molecule has 0 heterocycles. The predicted octanol–water partition coefficient (Wildman–Crippen LogP) is 6.61. The van der Waals surface area contributed by atoms with Crippen molar-refractivity contribution in [1.29, 1.82) is 0 Å². The number of hydrazone groups is 1. The quantitative estimate of drug-likeness (QED) is 0.247. The zero-order valence-electron chi connectivity index (χ0n) is 16.6. The topological polar surface area (TPSA) is 59.9 Å². The first-order valence-electron chi connectivity index (χ1n) is 9.39. The van der Waals surface area contributed by atoms with Gasteiger partial charge in [-0.1, -0.05) is 39.7 Å². The summed E-state index contributed by atoms with van der Waals surface area (Å²) in [7, 11) is 0. The summed E-state index contributed by atoms with van der Waals surface area (Å²) in [5.74, 6) is 0.870. The second-order valence-electron chi connectivity index (χ2n) is 6.38. The van der Waals surface area contributed by atoms with Crippen LogP contribution in [0.25, 0.3) is 0 Å². The monoisotopic (exact) mass is 564 g/mol. The summed E-state index contributed by atoms with van der Waals surface area (Å²) in [6.45, 7) is 2.74. The highest BCUT2D eigenvalue weighted by Crippen LogP contribution is 2.37. The Morgan fingerprint density at radius 3 is 2.45 bits per heavy atom. The van der Waals surface area contributed by atoms with Gasteiger partial charge >= 0.3 is 0 Å². The lowest BCUT2D eigenvalue weighted by atomic mass is 10.2. The smallest absolute Gasteiger partial charge is 0.271 e. The van der Waals surface area contributed by atoms with Crippen molar-refractivity contribution < 1.29 is 14.3 Å². The van der Waals surface area contributed by atoms with Crippen LogP contribution in [0, 0.1) is 0 Å². The van der Waals surface area contributed by atoms with E-state index in [1.54, 1.807) is 36.5 Å². The van der Waals surface area contributed by atoms with Crippen LogP contribution in [0.5, 0.6) is 11.5 Å². The minimum Gasteiger partial charge on any atom is -0.490 e. The number of carbonyl (C=O) groups excluding carboxylic acids is 1. The highest BCUT2D eigenvalue weighted by molar-refractivity contribution is 9.10. The van der Waals surface area contributed by atoms with Gasteiger partial charge < -0.3 is 9.47 Å². The molecule has 0 radical (unpaired) electrons. The number of rotatable bonds is 8. The minimum atomic E-state index is -0.296. The van der Waals surface area contributed by atoms with Gasteiger partial charge in [0, 0.05) is 15.1 Å². The molecule has 8 heteroatoms. The zero-order valence-corrected chi connectivity index (χ0v) is 20.5. The number of nitrogens with zero attached hydrogens (tertiary/aromatic N) is 1. The molecule has 0 spiro atoms. The van der Waals surface area contributed by atoms with Crippen LogP contribution in [-0.2, 0) is 6.61 Å². The molecule has 0 aliphatic carbocycles. The SMILES string of the molecule is CCOc1cc(/C=N\NC(=O)c2ccc(Br)cc2)cc(Br)c1OCc1ccc(Cl)cc1. The lowest BCUT2D eigenvalue weighted by Gasteiger charge is -2.14. The summed E-state index contributed by atoms with van der Waals surface area (Å²) in [5, 5.41) is 4.72. The number of ether oxygens (including phenoxy) is 2. The first-order chi connectivity index (χ1) is 15.0. The summed E-state index contributed by atoms with van der Waals surface area (Å²) >= 11 is 12.8. The summed E-state index contributed by atoms with van der Waals surface area (Å²) < 4.78 is 13.3. The number of nitrogens with one attached hydrogen (secondary N) is 1. The number of hydrogen-bond donors (Lipinski definition) is 1. The number of benzene rings is 3. The number of hydrogen-bond acceptors (Lipinski definition) is 4. The van der Waals surface area contributed by atoms with Gasteiger partial charge in [-0.25, -0.2) is 5.43 Å². The third kappa shape index (κ3) is 6.82. The van der Waals surface area contributed by atoms with Crippen LogP contribution in [0.4, 0.5) is 0 Å². The maximum Gasteiger partial charge on any atom is 0.271 e. The molecule has 0 atom stereocenters. The van der Waals surface area contributed by atoms with Gasteiger partial charge in [0.1, 0.15) is 6.61 Å². The Bertz CT molecular complexity index is 1070. The van der Waals surface area contributed by atoms with Crippen molar-refractivity contribution in [3.8, 4) is 11.5 Å². The van der Waals surface area contributed by atoms with E-state index in [0.29, 0.717) is 39.8 Å². The van der Waals surface area contributed by atoms with Gasteiger partial charge in [-0.05, 0) is 82.5 Å². The standard InChI is InChI=1S/C23H19Br2ClN2O3/c1-2-30-21-12-16(13-27-28-23(29)17-5-7-18(24)8-6-17)11-20(25)22(21)31-14-15-3-9-19(26)10-4-15/h3-13H,2,14H2,1H3,(H,28,29)/b27-13-. The molecule has 1 N–H and O–H groups in total. The number of halogens is 3. The van der Waals surface area contributed by atoms with Gasteiger partial charge in [0.2, 0.25) is 0 Å². The van der Waals surface area contributed by atoms with Crippen molar-refractivity contribution in [1.82, 2.24) is 5.43 Å². The highest BCUT2D eigenvalue weighted by Gasteiger charge is 2.12. The summed E-state index contributed by atoms with van der Waals surface area (Å²) in [6, 6.07) is 18.1. The molecule has 0 fully saturated rings. The fourth-order valence-corrected chi connectivity index (χ4v) is 3.60. The molecule has 0 aliphatic heterocycles. The van der Waals surface area contributed by atoms with E-state index in [1.165, 1.54) is 0 Å². The molecule has 3 rings (SSSR count). The van der Waals surface area contributed by atoms with Crippen LogP contribution in [0.1, 0.15) is 28.4 Å². The Hall–Kier alpha value is -2.35. The van der Waals surface area contributed by atoms with E-state index in [-0.39, 0.29) is 5.91 Å². The Kier molecular flexibility index (Phi) is 8.51. The Morgan fingerprint density at radius 1 is 1.06 bits per heavy atom. The average molecular weight is 567 g/mol. The maximum atomic E-state index is 12.2. The third-order valence-corrected chi connectivity index (χ3v) is 5.48. The van der Waals surface area contributed by atoms with E-state index in [0.717, 1.165) is 15.6 Å². The van der Waals surface area contributed by atoms with Crippen molar-refractivity contribution in [2.75, 3.05) is 6.61 Å². The van der Waals surface area contributed by atoms with Crippen LogP contribution >= 0.6 is 43.5 Å². The second kappa shape index (κ2) is 11.3. The van der Waals surface area contributed by atoms with Gasteiger partial charge in [-0.2, -0.15) is 5.10 Å². The fourth-order valence-electron chi connectivity index (χ4n) is 2.63. The van der Waals surface area contributed by atoms with Crippen molar-refractivity contribution >= 4 is 55.6 Å². The molecule has 0 saturated carbocycles. The maximum absolute atomic E-state index is 12.2. The van der Waals surface area contributed by atoms with Gasteiger partial charge in [0.05, 0.1) is 17.3 Å². The van der Waals surface area contributed by atoms with Crippen LogP contribution in [0.15, 0.2) is 74.7 Å². The Morgan fingerprint density at radius 2 is 1.77 bits per heavy atom. The summed E-state index contributed by atoms with van der Waals surface area (Å²) in [6.07, 6.45) is 1.55. The molecular formula is C23H19Br2ClN2O3. The molecule has 0 bridgehead atoms. The van der Waals surface area contributed by atoms with Crippen LogP contribution < -0.4 is 14.9 Å². The molecule has 0 aromatic heterocycles. The minimum absolute atomic E-state index is 0.296. The summed E-state index contributed by atoms with van der Waals surface area (Å²) in [4.78, 5) is 12.2. The Balaban J connectivity index is 1.71. The van der Waals surface area contributed by atoms with E-state index in [9.17, 15) is 4.79 Å². The van der Waals surface area contributed by atoms with Crippen molar-refractivity contribution in [3.05, 3.63) is 91.3 Å². The first-order valence-corrected chi connectivity index (χ1v) is 11.3. The molecule has 160 valence electrons. The van der Waals surface area contributed by atoms with Gasteiger partial charge in [-0.3, -0.25) is 4.79 Å². The van der Waals surface area contributed by atoms with E-state index < -0.39 is 0 Å². The largest absolute Gasteiger partial charge is 0.490 e. The average Bonchev–Trinajstić information content (AvgIpc) is 2.75. The van der Waals surface area contributed by atoms with Gasteiger partial charge in [-0.15, -0.1) is 0 Å². The normalized spacial score (nSPS) is 10.8. The Labute approximate surface area is 202 Å². The predicted molar refractivity (Wildman–Crippen MR) is 130 cm³/mol. The molecule has 31 heavy (non-hydrogen) atoms. The third-order valence-electron chi connectivity index (χ3n) is 4.11. The molecule has 5 nitrogen and oxygen atoms in total. The number of carbonyl (C=O) groups is 1. The van der Waals surface area contributed by atoms with Crippen molar-refractivity contribution in [2.24, 2.45) is 5.10 Å². The molecular weight excluding hydrogens is 548 g/mol. The van der Waals surface area contributed by atoms with E-state index in [4.69, 9.17) is 21.1 Å². The fraction of sp³-hybridized carbons (Fsp3) is 0.130. The van der Waals surface area contributed by atoms with E-state index in [2.05, 4.69) is 42.4 Å². The highest BCUT2D eigenvalue weighted by atomic mass is 79.9. The van der Waals surface area contributed by atoms with E-state index in [1.807, 2.05) is 37.3 Å². The molecule has 1 amide bonds. The van der Waals surface area contributed by atoms with Crippen molar-refractivity contribution in [2.45, 2.75) is 13.5 Å². The molecule has 3 aromatic carbocycles. The lowest BCUT2D eigenvalue weighted by molar-refractivity contribution is 0.0955. The van der Waals surface area contributed by atoms with Gasteiger partial charge in [0.15, 0.2) is 11.5 Å². The van der Waals surface area contributed by atoms with Gasteiger partial charge in [0.25, 0.3) is 5.91 Å². The number of amides is 1. The van der Waals surface area contributed by atoms with Crippen LogP contribution in [-0.4, -0.2) is 18.7 Å². The van der Waals surface area contributed by atoms with Crippen LogP contribution in [0.2, 0.25) is 5.02 Å². The van der Waals surface area contributed by atoms with Crippen LogP contribution in [0.3, 0.4) is 0 Å². The zero-order chi connectivity index (χ0) is 22.2. The first kappa shape index (κ1) is 23.3. The second-order valence-corrected chi connectivity index (χ2v) is 8.59. The molecule has 0 saturated heterocycles. The lowest BCUT2D eigenvalue weighted by Crippen LogP contribution is -2.17. The van der Waals surface area contributed by atoms with E-state index >= 15 is 0 Å².